The summed E-state index contributed by atoms with van der Waals surface area (Å²) in [4.78, 5) is 23.8. The van der Waals surface area contributed by atoms with Gasteiger partial charge in [0.15, 0.2) is 0 Å². The van der Waals surface area contributed by atoms with Crippen LogP contribution < -0.4 is 0 Å². The normalized spacial score (nSPS) is 11.6. The molecule has 0 rings (SSSR count). The Balaban J connectivity index is 3.31. The minimum absolute atomic E-state index is 0.0837. The molecule has 264 valence electrons. The van der Waals surface area contributed by atoms with Gasteiger partial charge in [-0.1, -0.05) is 141 Å². The van der Waals surface area contributed by atoms with Gasteiger partial charge in [0, 0.05) is 24.3 Å². The third-order valence-corrected chi connectivity index (χ3v) is 9.18. The summed E-state index contributed by atoms with van der Waals surface area (Å²) in [6, 6.07) is 0. The fourth-order valence-electron chi connectivity index (χ4n) is 5.36. The molecule has 0 amide bonds. The molecule has 0 N–H and O–H groups in total. The number of hydrogen-bond donors (Lipinski definition) is 0. The van der Waals surface area contributed by atoms with E-state index < -0.39 is 0 Å². The van der Waals surface area contributed by atoms with Gasteiger partial charge in [0.1, 0.15) is 13.2 Å². The number of rotatable bonds is 36. The number of allylic oxidation sites excluding steroid dienone is 4. The van der Waals surface area contributed by atoms with Crippen molar-refractivity contribution in [2.75, 3.05) is 24.7 Å². The molecular formula is C40H74O4S. The second-order valence-corrected chi connectivity index (χ2v) is 13.9. The molecule has 0 radical (unpaired) electrons. The molecule has 0 fully saturated rings. The zero-order chi connectivity index (χ0) is 32.7. The maximum atomic E-state index is 11.9. The van der Waals surface area contributed by atoms with Gasteiger partial charge < -0.3 is 9.47 Å². The number of carbonyl (C=O) groups is 2. The molecule has 5 heteroatoms. The lowest BCUT2D eigenvalue weighted by atomic mass is 10.1. The fourth-order valence-corrected chi connectivity index (χ4v) is 5.96. The molecule has 0 aromatic heterocycles. The number of thioether (sulfide) groups is 1. The van der Waals surface area contributed by atoms with Crippen molar-refractivity contribution in [2.24, 2.45) is 0 Å². The van der Waals surface area contributed by atoms with Crippen molar-refractivity contribution in [3.05, 3.63) is 24.3 Å². The Bertz CT molecular complexity index is 619. The average molecular weight is 651 g/mol. The van der Waals surface area contributed by atoms with Crippen molar-refractivity contribution < 1.29 is 19.1 Å². The van der Waals surface area contributed by atoms with Crippen LogP contribution in [0.1, 0.15) is 194 Å². The van der Waals surface area contributed by atoms with Gasteiger partial charge in [-0.2, -0.15) is 11.8 Å². The summed E-state index contributed by atoms with van der Waals surface area (Å²) in [5, 5.41) is 0. The molecule has 0 aromatic rings. The molecule has 0 spiro atoms. The summed E-state index contributed by atoms with van der Waals surface area (Å²) in [5.41, 5.74) is 0. The lowest BCUT2D eigenvalue weighted by molar-refractivity contribution is -0.143. The van der Waals surface area contributed by atoms with Crippen molar-refractivity contribution in [3.8, 4) is 0 Å². The van der Waals surface area contributed by atoms with Gasteiger partial charge in [0.05, 0.1) is 0 Å². The molecule has 0 atom stereocenters. The predicted molar refractivity (Wildman–Crippen MR) is 198 cm³/mol. The molecule has 0 aromatic carbocycles. The first-order valence-corrected chi connectivity index (χ1v) is 20.5. The van der Waals surface area contributed by atoms with Crippen molar-refractivity contribution in [1.29, 1.82) is 0 Å². The standard InChI is InChI=1S/C40H74O4S/c1-3-5-7-9-11-13-15-17-19-21-23-25-27-29-31-33-39(41)43-35-37-45-38-36-44-40(42)34-32-30-28-26-24-22-20-18-16-14-12-10-8-6-4-2/h17-20H,3-16,21-38H2,1-2H3. The van der Waals surface area contributed by atoms with Crippen molar-refractivity contribution in [2.45, 2.75) is 194 Å². The largest absolute Gasteiger partial charge is 0.465 e. The zero-order valence-electron chi connectivity index (χ0n) is 30.0. The van der Waals surface area contributed by atoms with Crippen LogP contribution >= 0.6 is 11.8 Å². The Morgan fingerprint density at radius 1 is 0.422 bits per heavy atom. The summed E-state index contributed by atoms with van der Waals surface area (Å²) in [7, 11) is 0. The average Bonchev–Trinajstić information content (AvgIpc) is 3.04. The molecule has 0 aliphatic carbocycles. The Hall–Kier alpha value is -1.23. The van der Waals surface area contributed by atoms with E-state index in [1.807, 2.05) is 0 Å². The summed E-state index contributed by atoms with van der Waals surface area (Å²) in [6.45, 7) is 5.42. The summed E-state index contributed by atoms with van der Waals surface area (Å²) < 4.78 is 10.7. The van der Waals surface area contributed by atoms with Crippen molar-refractivity contribution >= 4 is 23.7 Å². The quantitative estimate of drug-likeness (QED) is 0.0384. The molecule has 0 saturated heterocycles. The highest BCUT2D eigenvalue weighted by Crippen LogP contribution is 2.12. The van der Waals surface area contributed by atoms with Crippen LogP contribution in [0, 0.1) is 0 Å². The molecule has 45 heavy (non-hydrogen) atoms. The topological polar surface area (TPSA) is 52.6 Å². The third-order valence-electron chi connectivity index (χ3n) is 8.27. The Kier molecular flexibility index (Phi) is 37.9. The van der Waals surface area contributed by atoms with E-state index in [0.717, 1.165) is 37.2 Å². The zero-order valence-corrected chi connectivity index (χ0v) is 30.8. The number of unbranched alkanes of at least 4 members (excludes halogenated alkanes) is 22. The summed E-state index contributed by atoms with van der Waals surface area (Å²) in [5.74, 6) is 1.34. The Labute approximate surface area is 284 Å². The van der Waals surface area contributed by atoms with Gasteiger partial charge in [0.25, 0.3) is 0 Å². The van der Waals surface area contributed by atoms with Gasteiger partial charge in [-0.25, -0.2) is 0 Å². The highest BCUT2D eigenvalue weighted by Gasteiger charge is 2.04. The van der Waals surface area contributed by atoms with Crippen LogP contribution in [0.25, 0.3) is 0 Å². The van der Waals surface area contributed by atoms with Crippen molar-refractivity contribution in [3.63, 3.8) is 0 Å². The maximum absolute atomic E-state index is 11.9. The van der Waals surface area contributed by atoms with E-state index in [1.54, 1.807) is 11.8 Å². The van der Waals surface area contributed by atoms with Gasteiger partial charge >= 0.3 is 11.9 Å². The second-order valence-electron chi connectivity index (χ2n) is 12.7. The van der Waals surface area contributed by atoms with E-state index in [-0.39, 0.29) is 11.9 Å². The lowest BCUT2D eigenvalue weighted by Crippen LogP contribution is -2.09. The lowest BCUT2D eigenvalue weighted by Gasteiger charge is -2.06. The predicted octanol–water partition coefficient (Wildman–Crippen LogP) is 12.9. The molecule has 0 aliphatic heterocycles. The molecule has 4 nitrogen and oxygen atoms in total. The van der Waals surface area contributed by atoms with E-state index in [2.05, 4.69) is 38.2 Å². The third kappa shape index (κ3) is 38.9. The van der Waals surface area contributed by atoms with E-state index in [9.17, 15) is 9.59 Å². The van der Waals surface area contributed by atoms with Crippen LogP contribution in [-0.2, 0) is 19.1 Å². The summed E-state index contributed by atoms with van der Waals surface area (Å²) >= 11 is 1.67. The van der Waals surface area contributed by atoms with E-state index in [0.29, 0.717) is 26.1 Å². The van der Waals surface area contributed by atoms with Crippen LogP contribution in [0.5, 0.6) is 0 Å². The minimum atomic E-state index is -0.0837. The highest BCUT2D eigenvalue weighted by atomic mass is 32.2. The van der Waals surface area contributed by atoms with E-state index in [1.165, 1.54) is 141 Å². The minimum Gasteiger partial charge on any atom is -0.465 e. The van der Waals surface area contributed by atoms with Crippen LogP contribution in [0.2, 0.25) is 0 Å². The van der Waals surface area contributed by atoms with Gasteiger partial charge in [0.2, 0.25) is 0 Å². The van der Waals surface area contributed by atoms with Crippen LogP contribution in [-0.4, -0.2) is 36.7 Å². The molecule has 0 saturated carbocycles. The van der Waals surface area contributed by atoms with Crippen LogP contribution in [0.4, 0.5) is 0 Å². The Morgan fingerprint density at radius 3 is 1.04 bits per heavy atom. The van der Waals surface area contributed by atoms with Crippen molar-refractivity contribution in [1.82, 2.24) is 0 Å². The monoisotopic (exact) mass is 651 g/mol. The highest BCUT2D eigenvalue weighted by molar-refractivity contribution is 7.99. The number of ether oxygens (including phenoxy) is 2. The van der Waals surface area contributed by atoms with Crippen LogP contribution in [0.15, 0.2) is 24.3 Å². The fraction of sp³-hybridized carbons (Fsp3) is 0.850. The first kappa shape index (κ1) is 43.8. The number of carbonyl (C=O) groups excluding carboxylic acids is 2. The second kappa shape index (κ2) is 39.0. The molecular weight excluding hydrogens is 577 g/mol. The smallest absolute Gasteiger partial charge is 0.305 e. The first-order chi connectivity index (χ1) is 22.2. The molecule has 0 aliphatic rings. The molecule has 0 unspecified atom stereocenters. The van der Waals surface area contributed by atoms with E-state index >= 15 is 0 Å². The van der Waals surface area contributed by atoms with Crippen LogP contribution in [0.3, 0.4) is 0 Å². The molecule has 0 bridgehead atoms. The van der Waals surface area contributed by atoms with E-state index in [4.69, 9.17) is 9.47 Å². The maximum Gasteiger partial charge on any atom is 0.305 e. The van der Waals surface area contributed by atoms with Gasteiger partial charge in [-0.3, -0.25) is 9.59 Å². The van der Waals surface area contributed by atoms with Gasteiger partial charge in [-0.05, 0) is 64.2 Å². The number of hydrogen-bond acceptors (Lipinski definition) is 5. The SMILES string of the molecule is CCCCCCCCC=CCCCCCCCC(=O)OCCSCCOC(=O)CCCCCCCC=CCCCCCCCC. The Morgan fingerprint density at radius 2 is 0.711 bits per heavy atom. The first-order valence-electron chi connectivity index (χ1n) is 19.4. The molecule has 0 heterocycles. The summed E-state index contributed by atoms with van der Waals surface area (Å²) in [6.07, 6.45) is 43.2. The number of esters is 2. The van der Waals surface area contributed by atoms with Gasteiger partial charge in [-0.15, -0.1) is 0 Å².